The topological polar surface area (TPSA) is 12.0 Å². The van der Waals surface area contributed by atoms with Gasteiger partial charge in [0.25, 0.3) is 0 Å². The minimum atomic E-state index is 0.716. The third-order valence-electron chi connectivity index (χ3n) is 6.03. The number of fused-ring (bicyclic) bond motifs is 1. The van der Waals surface area contributed by atoms with E-state index in [1.54, 1.807) is 11.1 Å². The molecule has 0 radical (unpaired) electrons. The Morgan fingerprint density at radius 2 is 1.86 bits per heavy atom. The average Bonchev–Trinajstić information content (AvgIpc) is 2.54. The highest BCUT2D eigenvalue weighted by atomic mass is 14.9. The maximum absolute atomic E-state index is 3.66. The molecule has 0 spiro atoms. The van der Waals surface area contributed by atoms with E-state index in [2.05, 4.69) is 43.6 Å². The molecule has 1 nitrogen and oxygen atoms in total. The van der Waals surface area contributed by atoms with Gasteiger partial charge in [0.2, 0.25) is 0 Å². The van der Waals surface area contributed by atoms with Crippen LogP contribution in [0.5, 0.6) is 0 Å². The summed E-state index contributed by atoms with van der Waals surface area (Å²) in [6.07, 6.45) is 11.1. The van der Waals surface area contributed by atoms with Crippen LogP contribution in [0.25, 0.3) is 0 Å². The summed E-state index contributed by atoms with van der Waals surface area (Å²) in [5, 5.41) is 3.66. The van der Waals surface area contributed by atoms with E-state index < -0.39 is 0 Å². The molecule has 1 aromatic carbocycles. The highest BCUT2D eigenvalue weighted by Gasteiger charge is 2.29. The van der Waals surface area contributed by atoms with E-state index in [0.29, 0.717) is 6.04 Å². The van der Waals surface area contributed by atoms with Gasteiger partial charge in [-0.15, -0.1) is 0 Å². The van der Waals surface area contributed by atoms with E-state index in [-0.39, 0.29) is 0 Å². The lowest BCUT2D eigenvalue weighted by Gasteiger charge is -2.36. The van der Waals surface area contributed by atoms with Gasteiger partial charge in [0, 0.05) is 6.04 Å². The molecule has 1 N–H and O–H groups in total. The van der Waals surface area contributed by atoms with Crippen LogP contribution in [0.3, 0.4) is 0 Å². The number of benzene rings is 1. The molecule has 0 saturated heterocycles. The fourth-order valence-electron chi connectivity index (χ4n) is 4.64. The molecule has 1 saturated carbocycles. The second kappa shape index (κ2) is 6.96. The van der Waals surface area contributed by atoms with Crippen molar-refractivity contribution in [1.82, 2.24) is 5.32 Å². The summed E-state index contributed by atoms with van der Waals surface area (Å²) >= 11 is 0. The van der Waals surface area contributed by atoms with Gasteiger partial charge >= 0.3 is 0 Å². The van der Waals surface area contributed by atoms with Crippen LogP contribution in [-0.2, 0) is 6.42 Å². The minimum Gasteiger partial charge on any atom is -0.317 e. The standard InChI is InChI=1S/C20H31N/c1-15-10-12-17(13-11-15)20(21-2)14-18-8-5-7-16-6-3-4-9-19(16)18/h3-4,6,9,15,17-18,20-21H,5,7-8,10-14H2,1-2H3. The quantitative estimate of drug-likeness (QED) is 0.828. The van der Waals surface area contributed by atoms with E-state index in [4.69, 9.17) is 0 Å². The molecule has 1 heteroatoms. The molecule has 2 unspecified atom stereocenters. The van der Waals surface area contributed by atoms with Gasteiger partial charge in [0.05, 0.1) is 0 Å². The largest absolute Gasteiger partial charge is 0.317 e. The Hall–Kier alpha value is -0.820. The predicted molar refractivity (Wildman–Crippen MR) is 90.7 cm³/mol. The normalized spacial score (nSPS) is 30.7. The van der Waals surface area contributed by atoms with Crippen LogP contribution >= 0.6 is 0 Å². The summed E-state index contributed by atoms with van der Waals surface area (Å²) in [6, 6.07) is 9.88. The summed E-state index contributed by atoms with van der Waals surface area (Å²) in [5.74, 6) is 2.64. The Kier molecular flexibility index (Phi) is 5.00. The first-order valence-electron chi connectivity index (χ1n) is 9.03. The molecule has 0 bridgehead atoms. The van der Waals surface area contributed by atoms with E-state index in [0.717, 1.165) is 17.8 Å². The third kappa shape index (κ3) is 3.51. The molecular weight excluding hydrogens is 254 g/mol. The van der Waals surface area contributed by atoms with Crippen LogP contribution < -0.4 is 5.32 Å². The highest BCUT2D eigenvalue weighted by Crippen LogP contribution is 2.38. The van der Waals surface area contributed by atoms with Crippen LogP contribution in [0.1, 0.15) is 68.9 Å². The minimum absolute atomic E-state index is 0.716. The highest BCUT2D eigenvalue weighted by molar-refractivity contribution is 5.32. The molecule has 2 aliphatic rings. The zero-order valence-corrected chi connectivity index (χ0v) is 13.8. The van der Waals surface area contributed by atoms with Crippen LogP contribution in [0.15, 0.2) is 24.3 Å². The van der Waals surface area contributed by atoms with Crippen molar-refractivity contribution in [2.24, 2.45) is 11.8 Å². The summed E-state index contributed by atoms with van der Waals surface area (Å²) in [6.45, 7) is 2.42. The Morgan fingerprint density at radius 3 is 2.62 bits per heavy atom. The molecule has 0 amide bonds. The second-order valence-electron chi connectivity index (χ2n) is 7.44. The number of aryl methyl sites for hydroxylation is 1. The second-order valence-corrected chi connectivity index (χ2v) is 7.44. The molecule has 0 heterocycles. The maximum atomic E-state index is 3.66. The molecule has 0 aromatic heterocycles. The van der Waals surface area contributed by atoms with Gasteiger partial charge in [-0.1, -0.05) is 44.0 Å². The zero-order valence-electron chi connectivity index (χ0n) is 13.8. The van der Waals surface area contributed by atoms with Gasteiger partial charge in [-0.3, -0.25) is 0 Å². The SMILES string of the molecule is CNC(CC1CCCc2ccccc21)C1CCC(C)CC1. The number of hydrogen-bond acceptors (Lipinski definition) is 1. The molecule has 3 rings (SSSR count). The van der Waals surface area contributed by atoms with Gasteiger partial charge in [-0.05, 0) is 74.5 Å². The predicted octanol–water partition coefficient (Wildman–Crippen LogP) is 4.91. The lowest BCUT2D eigenvalue weighted by molar-refractivity contribution is 0.219. The molecule has 21 heavy (non-hydrogen) atoms. The third-order valence-corrected chi connectivity index (χ3v) is 6.03. The summed E-state index contributed by atoms with van der Waals surface area (Å²) in [4.78, 5) is 0. The maximum Gasteiger partial charge on any atom is 0.00981 e. The molecule has 1 aromatic rings. The van der Waals surface area contributed by atoms with Crippen molar-refractivity contribution >= 4 is 0 Å². The summed E-state index contributed by atoms with van der Waals surface area (Å²) < 4.78 is 0. The number of hydrogen-bond donors (Lipinski definition) is 1. The molecule has 0 aliphatic heterocycles. The van der Waals surface area contributed by atoms with Crippen molar-refractivity contribution in [1.29, 1.82) is 0 Å². The summed E-state index contributed by atoms with van der Waals surface area (Å²) in [5.41, 5.74) is 3.26. The molecule has 1 fully saturated rings. The van der Waals surface area contributed by atoms with Gasteiger partial charge in [0.15, 0.2) is 0 Å². The fraction of sp³-hybridized carbons (Fsp3) is 0.700. The van der Waals surface area contributed by atoms with E-state index >= 15 is 0 Å². The molecule has 2 atom stereocenters. The van der Waals surface area contributed by atoms with E-state index in [1.807, 2.05) is 0 Å². The first kappa shape index (κ1) is 15.1. The molecular formula is C20H31N. The zero-order chi connectivity index (χ0) is 14.7. The average molecular weight is 285 g/mol. The lowest BCUT2D eigenvalue weighted by atomic mass is 9.73. The van der Waals surface area contributed by atoms with Gasteiger partial charge in [-0.2, -0.15) is 0 Å². The Morgan fingerprint density at radius 1 is 1.10 bits per heavy atom. The van der Waals surface area contributed by atoms with Crippen molar-refractivity contribution in [2.75, 3.05) is 7.05 Å². The first-order chi connectivity index (χ1) is 10.3. The fourth-order valence-corrected chi connectivity index (χ4v) is 4.64. The van der Waals surface area contributed by atoms with E-state index in [1.165, 1.54) is 51.4 Å². The van der Waals surface area contributed by atoms with Crippen molar-refractivity contribution in [3.8, 4) is 0 Å². The van der Waals surface area contributed by atoms with E-state index in [9.17, 15) is 0 Å². The van der Waals surface area contributed by atoms with Crippen LogP contribution in [0.4, 0.5) is 0 Å². The smallest absolute Gasteiger partial charge is 0.00981 e. The van der Waals surface area contributed by atoms with Crippen molar-refractivity contribution < 1.29 is 0 Å². The number of rotatable bonds is 4. The number of nitrogens with one attached hydrogen (secondary N) is 1. The van der Waals surface area contributed by atoms with Crippen molar-refractivity contribution in [2.45, 2.75) is 70.3 Å². The van der Waals surface area contributed by atoms with Gasteiger partial charge in [0.1, 0.15) is 0 Å². The molecule has 116 valence electrons. The molecule has 2 aliphatic carbocycles. The Labute approximate surface area is 130 Å². The van der Waals surface area contributed by atoms with Gasteiger partial charge in [-0.25, -0.2) is 0 Å². The first-order valence-corrected chi connectivity index (χ1v) is 9.03. The van der Waals surface area contributed by atoms with Crippen LogP contribution in [0, 0.1) is 11.8 Å². The van der Waals surface area contributed by atoms with Crippen LogP contribution in [-0.4, -0.2) is 13.1 Å². The lowest BCUT2D eigenvalue weighted by Crippen LogP contribution is -2.37. The summed E-state index contributed by atoms with van der Waals surface area (Å²) in [7, 11) is 2.18. The monoisotopic (exact) mass is 285 g/mol. The van der Waals surface area contributed by atoms with Crippen molar-refractivity contribution in [3.63, 3.8) is 0 Å². The van der Waals surface area contributed by atoms with Gasteiger partial charge < -0.3 is 5.32 Å². The Balaban J connectivity index is 1.67. The van der Waals surface area contributed by atoms with Crippen molar-refractivity contribution in [3.05, 3.63) is 35.4 Å². The Bertz CT molecular complexity index is 445. The van der Waals surface area contributed by atoms with Crippen LogP contribution in [0.2, 0.25) is 0 Å².